The molecular formula is C23H27N3O5S3. The Labute approximate surface area is 207 Å². The zero-order valence-corrected chi connectivity index (χ0v) is 21.3. The number of carbonyl (C=O) groups is 1. The monoisotopic (exact) mass is 521 g/mol. The fourth-order valence-electron chi connectivity index (χ4n) is 4.49. The third-order valence-electron chi connectivity index (χ3n) is 6.38. The lowest BCUT2D eigenvalue weighted by Crippen LogP contribution is -2.46. The van der Waals surface area contributed by atoms with Gasteiger partial charge in [-0.15, -0.1) is 11.3 Å². The van der Waals surface area contributed by atoms with Gasteiger partial charge in [0.25, 0.3) is 10.0 Å². The van der Waals surface area contributed by atoms with Crippen molar-refractivity contribution in [1.82, 2.24) is 9.29 Å². The molecule has 0 radical (unpaired) electrons. The van der Waals surface area contributed by atoms with E-state index in [2.05, 4.69) is 0 Å². The SMILES string of the molecule is COc1ccc2sc(N(CC3CCCO3)C(=O)C3CCN(S(=O)(=O)c4cccs4)CC3)nc2c1. The van der Waals surface area contributed by atoms with E-state index in [1.807, 2.05) is 18.2 Å². The van der Waals surface area contributed by atoms with Gasteiger partial charge < -0.3 is 9.47 Å². The number of fused-ring (bicyclic) bond motifs is 1. The van der Waals surface area contributed by atoms with Crippen LogP contribution in [0.2, 0.25) is 0 Å². The lowest BCUT2D eigenvalue weighted by Gasteiger charge is -2.33. The fraction of sp³-hybridized carbons (Fsp3) is 0.478. The van der Waals surface area contributed by atoms with Gasteiger partial charge in [0.1, 0.15) is 9.96 Å². The second-order valence-electron chi connectivity index (χ2n) is 8.52. The first-order chi connectivity index (χ1) is 16.5. The predicted octanol–water partition coefficient (Wildman–Crippen LogP) is 3.98. The summed E-state index contributed by atoms with van der Waals surface area (Å²) in [5.41, 5.74) is 0.793. The van der Waals surface area contributed by atoms with Crippen molar-refractivity contribution in [3.63, 3.8) is 0 Å². The molecule has 0 aliphatic carbocycles. The van der Waals surface area contributed by atoms with Crippen LogP contribution in [0.15, 0.2) is 39.9 Å². The molecule has 2 saturated heterocycles. The molecule has 1 amide bonds. The van der Waals surface area contributed by atoms with Crippen LogP contribution < -0.4 is 9.64 Å². The molecule has 0 saturated carbocycles. The summed E-state index contributed by atoms with van der Waals surface area (Å²) in [5.74, 6) is 0.466. The Hall–Kier alpha value is -2.05. The van der Waals surface area contributed by atoms with Crippen LogP contribution in [-0.2, 0) is 19.6 Å². The van der Waals surface area contributed by atoms with Crippen molar-refractivity contribution in [3.05, 3.63) is 35.7 Å². The largest absolute Gasteiger partial charge is 0.497 e. The Morgan fingerprint density at radius 1 is 1.26 bits per heavy atom. The second-order valence-corrected chi connectivity index (χ2v) is 12.6. The van der Waals surface area contributed by atoms with Crippen LogP contribution in [0.4, 0.5) is 5.13 Å². The highest BCUT2D eigenvalue weighted by atomic mass is 32.2. The zero-order chi connectivity index (χ0) is 23.7. The summed E-state index contributed by atoms with van der Waals surface area (Å²) in [7, 11) is -1.88. The number of carbonyl (C=O) groups excluding carboxylic acids is 1. The summed E-state index contributed by atoms with van der Waals surface area (Å²) < 4.78 is 39.7. The highest BCUT2D eigenvalue weighted by Gasteiger charge is 2.36. The number of benzene rings is 1. The quantitative estimate of drug-likeness (QED) is 0.467. The van der Waals surface area contributed by atoms with Gasteiger partial charge in [-0.05, 0) is 49.3 Å². The summed E-state index contributed by atoms with van der Waals surface area (Å²) in [6, 6.07) is 9.09. The van der Waals surface area contributed by atoms with Crippen molar-refractivity contribution in [3.8, 4) is 5.75 Å². The molecule has 1 unspecified atom stereocenters. The number of hydrogen-bond donors (Lipinski definition) is 0. The molecule has 5 rings (SSSR count). The van der Waals surface area contributed by atoms with E-state index in [0.29, 0.717) is 48.4 Å². The Morgan fingerprint density at radius 2 is 2.09 bits per heavy atom. The molecule has 0 N–H and O–H groups in total. The van der Waals surface area contributed by atoms with Crippen LogP contribution in [0.25, 0.3) is 10.2 Å². The number of thiazole rings is 1. The molecule has 2 fully saturated rings. The third-order valence-corrected chi connectivity index (χ3v) is 10.7. The van der Waals surface area contributed by atoms with Crippen LogP contribution in [0, 0.1) is 5.92 Å². The smallest absolute Gasteiger partial charge is 0.252 e. The molecule has 0 spiro atoms. The number of nitrogens with zero attached hydrogens (tertiary/aromatic N) is 3. The first-order valence-corrected chi connectivity index (χ1v) is 14.5. The van der Waals surface area contributed by atoms with Gasteiger partial charge in [-0.2, -0.15) is 4.31 Å². The summed E-state index contributed by atoms with van der Waals surface area (Å²) in [4.78, 5) is 20.2. The van der Waals surface area contributed by atoms with E-state index in [4.69, 9.17) is 14.5 Å². The maximum Gasteiger partial charge on any atom is 0.252 e. The van der Waals surface area contributed by atoms with Crippen LogP contribution in [0.1, 0.15) is 25.7 Å². The molecule has 4 heterocycles. The van der Waals surface area contributed by atoms with Crippen LogP contribution in [-0.4, -0.2) is 63.1 Å². The van der Waals surface area contributed by atoms with Gasteiger partial charge in [0.2, 0.25) is 5.91 Å². The minimum absolute atomic E-state index is 0.00491. The van der Waals surface area contributed by atoms with Gasteiger partial charge in [-0.1, -0.05) is 17.4 Å². The van der Waals surface area contributed by atoms with Crippen molar-refractivity contribution < 1.29 is 22.7 Å². The average molecular weight is 522 g/mol. The number of sulfonamides is 1. The zero-order valence-electron chi connectivity index (χ0n) is 18.9. The Bertz CT molecular complexity index is 1240. The lowest BCUT2D eigenvalue weighted by atomic mass is 9.96. The number of thiophene rings is 1. The topological polar surface area (TPSA) is 89.0 Å². The molecule has 1 aromatic carbocycles. The molecular weight excluding hydrogens is 494 g/mol. The highest BCUT2D eigenvalue weighted by molar-refractivity contribution is 7.91. The maximum atomic E-state index is 13.7. The minimum atomic E-state index is -3.50. The number of aromatic nitrogens is 1. The van der Waals surface area contributed by atoms with Gasteiger partial charge in [0.05, 0.1) is 30.0 Å². The molecule has 2 aliphatic heterocycles. The number of rotatable bonds is 7. The number of piperidine rings is 1. The highest BCUT2D eigenvalue weighted by Crippen LogP contribution is 2.34. The molecule has 34 heavy (non-hydrogen) atoms. The Balaban J connectivity index is 1.35. The van der Waals surface area contributed by atoms with Gasteiger partial charge in [-0.25, -0.2) is 13.4 Å². The third kappa shape index (κ3) is 4.72. The van der Waals surface area contributed by atoms with Crippen LogP contribution >= 0.6 is 22.7 Å². The number of amides is 1. The van der Waals surface area contributed by atoms with Gasteiger partial charge in [0.15, 0.2) is 5.13 Å². The molecule has 3 aromatic rings. The lowest BCUT2D eigenvalue weighted by molar-refractivity contribution is -0.123. The first-order valence-electron chi connectivity index (χ1n) is 11.4. The maximum absolute atomic E-state index is 13.7. The van der Waals surface area contributed by atoms with Crippen molar-refractivity contribution >= 4 is 54.0 Å². The Kier molecular flexibility index (Phi) is 6.90. The van der Waals surface area contributed by atoms with E-state index in [9.17, 15) is 13.2 Å². The first kappa shape index (κ1) is 23.7. The molecule has 1 atom stereocenters. The second kappa shape index (κ2) is 9.90. The average Bonchev–Trinajstić information content (AvgIpc) is 3.63. The van der Waals surface area contributed by atoms with Crippen LogP contribution in [0.3, 0.4) is 0 Å². The number of methoxy groups -OCH3 is 1. The van der Waals surface area contributed by atoms with Crippen molar-refractivity contribution in [2.45, 2.75) is 36.0 Å². The van der Waals surface area contributed by atoms with Gasteiger partial charge in [-0.3, -0.25) is 9.69 Å². The van der Waals surface area contributed by atoms with Crippen LogP contribution in [0.5, 0.6) is 5.75 Å². The number of anilines is 1. The van der Waals surface area contributed by atoms with Crippen molar-refractivity contribution in [2.24, 2.45) is 5.92 Å². The molecule has 8 nitrogen and oxygen atoms in total. The van der Waals surface area contributed by atoms with E-state index < -0.39 is 10.0 Å². The molecule has 2 aliphatic rings. The van der Waals surface area contributed by atoms with Gasteiger partial charge >= 0.3 is 0 Å². The summed E-state index contributed by atoms with van der Waals surface area (Å²) in [6.45, 7) is 1.84. The standard InChI is InChI=1S/C23H27N3O5S3/c1-30-17-6-7-20-19(14-17)24-23(33-20)26(15-18-4-2-12-31-18)22(27)16-8-10-25(11-9-16)34(28,29)21-5-3-13-32-21/h3,5-7,13-14,16,18H,2,4,8-12,15H2,1H3. The molecule has 0 bridgehead atoms. The summed E-state index contributed by atoms with van der Waals surface area (Å²) in [5, 5.41) is 2.41. The fourth-order valence-corrected chi connectivity index (χ4v) is 8.07. The predicted molar refractivity (Wildman–Crippen MR) is 133 cm³/mol. The molecule has 11 heteroatoms. The summed E-state index contributed by atoms with van der Waals surface area (Å²) >= 11 is 2.70. The normalized spacial score (nSPS) is 20.1. The van der Waals surface area contributed by atoms with Crippen molar-refractivity contribution in [1.29, 1.82) is 0 Å². The van der Waals surface area contributed by atoms with E-state index in [0.717, 1.165) is 28.8 Å². The number of hydrogen-bond acceptors (Lipinski definition) is 8. The molecule has 182 valence electrons. The van der Waals surface area contributed by atoms with Gasteiger partial charge in [0, 0.05) is 31.7 Å². The molecule has 2 aromatic heterocycles. The van der Waals surface area contributed by atoms with E-state index in [1.165, 1.54) is 27.0 Å². The summed E-state index contributed by atoms with van der Waals surface area (Å²) in [6.07, 6.45) is 2.88. The Morgan fingerprint density at radius 3 is 2.76 bits per heavy atom. The van der Waals surface area contributed by atoms with E-state index >= 15 is 0 Å². The van der Waals surface area contributed by atoms with E-state index in [1.54, 1.807) is 29.5 Å². The van der Waals surface area contributed by atoms with E-state index in [-0.39, 0.29) is 17.9 Å². The minimum Gasteiger partial charge on any atom is -0.497 e. The number of ether oxygens (including phenoxy) is 2. The van der Waals surface area contributed by atoms with Crippen molar-refractivity contribution in [2.75, 3.05) is 38.3 Å².